The first-order valence-corrected chi connectivity index (χ1v) is 12.2. The summed E-state index contributed by atoms with van der Waals surface area (Å²) in [5, 5.41) is 0. The van der Waals surface area contributed by atoms with Gasteiger partial charge in [-0.15, -0.1) is 0 Å². The fraction of sp³-hybridized carbons (Fsp3) is 0.519. The monoisotopic (exact) mass is 464 g/mol. The first kappa shape index (κ1) is 24.4. The first-order chi connectivity index (χ1) is 16.4. The van der Waals surface area contributed by atoms with Crippen molar-refractivity contribution in [2.24, 2.45) is 0 Å². The molecule has 2 aromatic rings. The van der Waals surface area contributed by atoms with Crippen LogP contribution in [-0.2, 0) is 22.5 Å². The van der Waals surface area contributed by atoms with E-state index in [0.29, 0.717) is 32.5 Å². The average Bonchev–Trinajstić information content (AvgIpc) is 3.00. The van der Waals surface area contributed by atoms with Gasteiger partial charge in [-0.05, 0) is 56.7 Å². The molecule has 1 aromatic heterocycles. The molecule has 2 saturated heterocycles. The predicted molar refractivity (Wildman–Crippen MR) is 131 cm³/mol. The van der Waals surface area contributed by atoms with Gasteiger partial charge in [0.25, 0.3) is 5.91 Å². The van der Waals surface area contributed by atoms with Gasteiger partial charge in [0.15, 0.2) is 0 Å². The number of aryl methyl sites for hydroxylation is 3. The molecule has 2 fully saturated rings. The molecule has 2 aliphatic heterocycles. The van der Waals surface area contributed by atoms with E-state index in [4.69, 9.17) is 4.74 Å². The third-order valence-corrected chi connectivity index (χ3v) is 7.08. The van der Waals surface area contributed by atoms with Crippen molar-refractivity contribution in [3.05, 3.63) is 65.0 Å². The Kier molecular flexibility index (Phi) is 7.63. The van der Waals surface area contributed by atoms with Crippen LogP contribution >= 0.6 is 0 Å². The Balaban J connectivity index is 1.43. The van der Waals surface area contributed by atoms with Crippen LogP contribution in [0.5, 0.6) is 0 Å². The van der Waals surface area contributed by atoms with Gasteiger partial charge in [0, 0.05) is 52.2 Å². The van der Waals surface area contributed by atoms with Crippen molar-refractivity contribution in [1.29, 1.82) is 0 Å². The summed E-state index contributed by atoms with van der Waals surface area (Å²) in [6.45, 7) is 8.01. The van der Waals surface area contributed by atoms with Crippen LogP contribution in [0.15, 0.2) is 42.7 Å². The molecule has 182 valence electrons. The van der Waals surface area contributed by atoms with E-state index < -0.39 is 5.54 Å². The molecule has 0 atom stereocenters. The van der Waals surface area contributed by atoms with Gasteiger partial charge in [-0.1, -0.05) is 35.4 Å². The lowest BCUT2D eigenvalue weighted by molar-refractivity contribution is -0.136. The minimum atomic E-state index is -0.747. The number of nitrogens with zero attached hydrogens (tertiary/aromatic N) is 4. The predicted octanol–water partition coefficient (Wildman–Crippen LogP) is 3.58. The maximum atomic E-state index is 13.7. The summed E-state index contributed by atoms with van der Waals surface area (Å²) < 4.78 is 5.28. The molecule has 2 aliphatic rings. The zero-order chi connectivity index (χ0) is 24.1. The number of pyridine rings is 1. The Bertz CT molecular complexity index is 982. The number of rotatable bonds is 9. The molecular formula is C27H36N4O3. The van der Waals surface area contributed by atoms with Crippen molar-refractivity contribution in [3.63, 3.8) is 0 Å². The number of urea groups is 1. The molecule has 0 unspecified atom stereocenters. The number of amides is 3. The normalized spacial score (nSPS) is 18.3. The second-order valence-electron chi connectivity index (χ2n) is 9.65. The highest BCUT2D eigenvalue weighted by Crippen LogP contribution is 2.37. The number of ether oxygens (including phenoxy) is 1. The smallest absolute Gasteiger partial charge is 0.327 e. The summed E-state index contributed by atoms with van der Waals surface area (Å²) in [6.07, 6.45) is 6.43. The maximum Gasteiger partial charge on any atom is 0.327 e. The topological polar surface area (TPSA) is 66.0 Å². The third kappa shape index (κ3) is 5.15. The molecule has 0 bridgehead atoms. The molecule has 1 spiro atoms. The molecule has 7 nitrogen and oxygen atoms in total. The van der Waals surface area contributed by atoms with Crippen LogP contribution in [0.1, 0.15) is 41.5 Å². The van der Waals surface area contributed by atoms with Crippen molar-refractivity contribution < 1.29 is 14.3 Å². The van der Waals surface area contributed by atoms with Crippen LogP contribution in [0.2, 0.25) is 0 Å². The number of piperidine rings is 1. The summed E-state index contributed by atoms with van der Waals surface area (Å²) in [5.74, 6) is -0.0363. The summed E-state index contributed by atoms with van der Waals surface area (Å²) in [7, 11) is 1.63. The minimum absolute atomic E-state index is 0.0363. The Morgan fingerprint density at radius 3 is 2.41 bits per heavy atom. The van der Waals surface area contributed by atoms with Crippen molar-refractivity contribution >= 4 is 11.9 Å². The fourth-order valence-electron chi connectivity index (χ4n) is 5.44. The molecule has 0 N–H and O–H groups in total. The van der Waals surface area contributed by atoms with Crippen molar-refractivity contribution in [2.45, 2.75) is 51.6 Å². The quantitative estimate of drug-likeness (QED) is 0.531. The molecule has 0 saturated carbocycles. The average molecular weight is 465 g/mol. The number of aromatic nitrogens is 1. The van der Waals surface area contributed by atoms with Crippen molar-refractivity contribution in [3.8, 4) is 0 Å². The SMILES string of the molecule is COCCN1C(=O)N(CCCc2cccnc2)C(=O)C12CCN(Cc1cc(C)cc(C)c1)CC2. The largest absolute Gasteiger partial charge is 0.383 e. The molecular weight excluding hydrogens is 428 g/mol. The molecule has 1 aromatic carbocycles. The van der Waals surface area contributed by atoms with Crippen LogP contribution in [0.25, 0.3) is 0 Å². The van der Waals surface area contributed by atoms with Gasteiger partial charge in [0.1, 0.15) is 5.54 Å². The fourth-order valence-corrected chi connectivity index (χ4v) is 5.44. The molecule has 3 amide bonds. The van der Waals surface area contributed by atoms with E-state index in [0.717, 1.165) is 38.0 Å². The minimum Gasteiger partial charge on any atom is -0.383 e. The van der Waals surface area contributed by atoms with Crippen molar-refractivity contribution in [1.82, 2.24) is 19.7 Å². The van der Waals surface area contributed by atoms with Gasteiger partial charge >= 0.3 is 6.03 Å². The van der Waals surface area contributed by atoms with E-state index in [1.54, 1.807) is 18.2 Å². The Labute approximate surface area is 202 Å². The van der Waals surface area contributed by atoms with E-state index in [1.807, 2.05) is 18.3 Å². The third-order valence-electron chi connectivity index (χ3n) is 7.08. The number of hydrogen-bond donors (Lipinski definition) is 0. The van der Waals surface area contributed by atoms with Crippen LogP contribution in [0, 0.1) is 13.8 Å². The van der Waals surface area contributed by atoms with E-state index >= 15 is 0 Å². The number of carbonyl (C=O) groups is 2. The molecule has 4 rings (SSSR count). The Morgan fingerprint density at radius 1 is 1.03 bits per heavy atom. The van der Waals surface area contributed by atoms with E-state index in [-0.39, 0.29) is 11.9 Å². The molecule has 34 heavy (non-hydrogen) atoms. The molecule has 7 heteroatoms. The Morgan fingerprint density at radius 2 is 1.76 bits per heavy atom. The van der Waals surface area contributed by atoms with Gasteiger partial charge in [0.2, 0.25) is 0 Å². The zero-order valence-corrected chi connectivity index (χ0v) is 20.6. The van der Waals surface area contributed by atoms with Crippen LogP contribution < -0.4 is 0 Å². The second-order valence-corrected chi connectivity index (χ2v) is 9.65. The van der Waals surface area contributed by atoms with E-state index in [9.17, 15) is 9.59 Å². The summed E-state index contributed by atoms with van der Waals surface area (Å²) in [6, 6.07) is 10.4. The van der Waals surface area contributed by atoms with E-state index in [1.165, 1.54) is 21.6 Å². The summed E-state index contributed by atoms with van der Waals surface area (Å²) in [5.41, 5.74) is 4.21. The number of imide groups is 1. The number of hydrogen-bond acceptors (Lipinski definition) is 5. The molecule has 0 radical (unpaired) electrons. The number of likely N-dealkylation sites (tertiary alicyclic amines) is 1. The standard InChI is InChI=1S/C27H36N4O3/c1-21-16-22(2)18-24(17-21)20-29-12-8-27(9-13-29)25(32)30(26(33)31(27)14-15-34-3)11-5-7-23-6-4-10-28-19-23/h4,6,10,16-19H,5,7-9,11-15,20H2,1-3H3. The van der Waals surface area contributed by atoms with Crippen LogP contribution in [0.3, 0.4) is 0 Å². The summed E-state index contributed by atoms with van der Waals surface area (Å²) >= 11 is 0. The lowest BCUT2D eigenvalue weighted by Crippen LogP contribution is -2.57. The molecule has 3 heterocycles. The maximum absolute atomic E-state index is 13.7. The Hall–Kier alpha value is -2.77. The van der Waals surface area contributed by atoms with Gasteiger partial charge in [0.05, 0.1) is 6.61 Å². The lowest BCUT2D eigenvalue weighted by atomic mass is 9.85. The lowest BCUT2D eigenvalue weighted by Gasteiger charge is -2.42. The van der Waals surface area contributed by atoms with Crippen LogP contribution in [-0.4, -0.2) is 77.1 Å². The highest BCUT2D eigenvalue weighted by Gasteiger charge is 2.57. The summed E-state index contributed by atoms with van der Waals surface area (Å²) in [4.78, 5) is 36.8. The highest BCUT2D eigenvalue weighted by molar-refractivity contribution is 6.07. The zero-order valence-electron chi connectivity index (χ0n) is 20.6. The number of benzene rings is 1. The van der Waals surface area contributed by atoms with Gasteiger partial charge < -0.3 is 9.64 Å². The molecule has 0 aliphatic carbocycles. The van der Waals surface area contributed by atoms with Crippen LogP contribution in [0.4, 0.5) is 4.79 Å². The second kappa shape index (κ2) is 10.7. The first-order valence-electron chi connectivity index (χ1n) is 12.2. The van der Waals surface area contributed by atoms with E-state index in [2.05, 4.69) is 41.9 Å². The highest BCUT2D eigenvalue weighted by atomic mass is 16.5. The van der Waals surface area contributed by atoms with Gasteiger partial charge in [-0.3, -0.25) is 19.6 Å². The number of methoxy groups -OCH3 is 1. The van der Waals surface area contributed by atoms with Crippen molar-refractivity contribution in [2.75, 3.05) is 39.9 Å². The van der Waals surface area contributed by atoms with Gasteiger partial charge in [-0.2, -0.15) is 0 Å². The number of carbonyl (C=O) groups excluding carboxylic acids is 2. The van der Waals surface area contributed by atoms with Gasteiger partial charge in [-0.25, -0.2) is 4.79 Å².